The molecule has 0 aromatic heterocycles. The molecule has 0 bridgehead atoms. The van der Waals surface area contributed by atoms with Gasteiger partial charge in [-0.2, -0.15) is 0 Å². The van der Waals surface area contributed by atoms with Crippen LogP contribution in [-0.4, -0.2) is 24.9 Å². The lowest BCUT2D eigenvalue weighted by Gasteiger charge is -2.16. The van der Waals surface area contributed by atoms with E-state index in [9.17, 15) is 0 Å². The molecule has 2 aliphatic rings. The fourth-order valence-corrected chi connectivity index (χ4v) is 7.39. The van der Waals surface area contributed by atoms with Crippen molar-refractivity contribution in [3.05, 3.63) is 198 Å². The maximum atomic E-state index is 5.27. The Morgan fingerprint density at radius 1 is 0.717 bits per heavy atom. The molecule has 3 heteroatoms. The lowest BCUT2D eigenvalue weighted by atomic mass is 9.90. The van der Waals surface area contributed by atoms with E-state index in [1.165, 1.54) is 60.8 Å². The van der Waals surface area contributed by atoms with E-state index in [-0.39, 0.29) is 0 Å². The molecule has 2 aliphatic carbocycles. The van der Waals surface area contributed by atoms with Crippen LogP contribution < -0.4 is 0 Å². The highest BCUT2D eigenvalue weighted by atomic mass is 15.0. The van der Waals surface area contributed by atoms with Crippen molar-refractivity contribution in [2.75, 3.05) is 6.54 Å². The summed E-state index contributed by atoms with van der Waals surface area (Å²) in [4.78, 5) is 14.9. The molecule has 0 aliphatic heterocycles. The minimum Gasteiger partial charge on any atom is -0.266 e. The Kier molecular flexibility index (Phi) is 9.80. The summed E-state index contributed by atoms with van der Waals surface area (Å²) < 4.78 is 0. The molecule has 0 heterocycles. The second-order valence-electron chi connectivity index (χ2n) is 13.6. The van der Waals surface area contributed by atoms with Crippen LogP contribution in [0.15, 0.2) is 185 Å². The van der Waals surface area contributed by atoms with Crippen molar-refractivity contribution < 1.29 is 0 Å². The molecular weight excluding hydrogens is 643 g/mol. The average molecular weight is 684 g/mol. The largest absolute Gasteiger partial charge is 0.266 e. The van der Waals surface area contributed by atoms with Crippen LogP contribution in [0.3, 0.4) is 0 Å². The molecule has 3 nitrogen and oxygen atoms in total. The van der Waals surface area contributed by atoms with E-state index >= 15 is 0 Å². The van der Waals surface area contributed by atoms with E-state index < -0.39 is 0 Å². The summed E-state index contributed by atoms with van der Waals surface area (Å²) in [6, 6.07) is 45.6. The number of allylic oxidation sites excluding steroid dienone is 6. The SMILES string of the molecule is C=N/C(=N\C(=N/CC1C=CC=CC1)c1ccc(-c2ccc(-c3ccc(/C=C\C=C/C)cc3)cc2)c2c1-c1cc3ccccc3cc1C2)c1ccccc1. The Morgan fingerprint density at radius 2 is 1.43 bits per heavy atom. The van der Waals surface area contributed by atoms with Crippen molar-refractivity contribution in [1.29, 1.82) is 0 Å². The van der Waals surface area contributed by atoms with Crippen LogP contribution in [0.2, 0.25) is 0 Å². The van der Waals surface area contributed by atoms with Gasteiger partial charge < -0.3 is 0 Å². The third-order valence-corrected chi connectivity index (χ3v) is 10.1. The Balaban J connectivity index is 1.25. The van der Waals surface area contributed by atoms with Gasteiger partial charge >= 0.3 is 0 Å². The molecule has 1 unspecified atom stereocenters. The number of rotatable bonds is 8. The minimum absolute atomic E-state index is 0.315. The van der Waals surface area contributed by atoms with E-state index in [1.807, 2.05) is 49.4 Å². The summed E-state index contributed by atoms with van der Waals surface area (Å²) in [6.07, 6.45) is 18.7. The lowest BCUT2D eigenvalue weighted by molar-refractivity contribution is 0.670. The molecule has 8 rings (SSSR count). The van der Waals surface area contributed by atoms with Crippen molar-refractivity contribution in [3.63, 3.8) is 0 Å². The Bertz CT molecular complexity index is 2470. The van der Waals surface area contributed by atoms with Crippen LogP contribution in [0, 0.1) is 5.92 Å². The molecule has 53 heavy (non-hydrogen) atoms. The molecule has 6 aromatic carbocycles. The van der Waals surface area contributed by atoms with Gasteiger partial charge in [0.1, 0.15) is 0 Å². The molecule has 6 aromatic rings. The fraction of sp³-hybridized carbons (Fsp3) is 0.100. The summed E-state index contributed by atoms with van der Waals surface area (Å²) in [5.74, 6) is 1.56. The molecule has 0 fully saturated rings. The standard InChI is InChI=1S/C50H41N3/c1-3-4-7-14-35-21-23-37(24-22-35)38-25-27-39(28-26-38)44-29-30-45(48-46-32-42-20-13-12-19-41(42)31-43(46)33-47(44)48)50(52-34-36-15-8-5-9-16-36)53-49(51-2)40-17-10-6-11-18-40/h3-15,17-32,36H,2,16,33-34H2,1H3/b4-3-,14-7-,52-50-,53-49-. The first-order chi connectivity index (χ1) is 26.2. The summed E-state index contributed by atoms with van der Waals surface area (Å²) in [6.45, 7) is 6.58. The van der Waals surface area contributed by atoms with Gasteiger partial charge in [0.05, 0.1) is 0 Å². The Morgan fingerprint density at radius 3 is 2.15 bits per heavy atom. The van der Waals surface area contributed by atoms with E-state index in [0.29, 0.717) is 24.1 Å². The first kappa shape index (κ1) is 33.7. The normalized spacial score (nSPS) is 15.4. The van der Waals surface area contributed by atoms with Gasteiger partial charge in [0.15, 0.2) is 11.7 Å². The topological polar surface area (TPSA) is 37.1 Å². The molecule has 0 saturated heterocycles. The smallest absolute Gasteiger partial charge is 0.161 e. The number of hydrogen-bond donors (Lipinski definition) is 0. The predicted octanol–water partition coefficient (Wildman–Crippen LogP) is 12.4. The van der Waals surface area contributed by atoms with Crippen molar-refractivity contribution in [2.24, 2.45) is 20.9 Å². The highest BCUT2D eigenvalue weighted by Crippen LogP contribution is 2.46. The fourth-order valence-electron chi connectivity index (χ4n) is 7.39. The molecule has 0 amide bonds. The third kappa shape index (κ3) is 7.20. The summed E-state index contributed by atoms with van der Waals surface area (Å²) in [5.41, 5.74) is 13.0. The van der Waals surface area contributed by atoms with Crippen LogP contribution in [0.4, 0.5) is 0 Å². The summed E-state index contributed by atoms with van der Waals surface area (Å²) in [5, 5.41) is 2.48. The van der Waals surface area contributed by atoms with Crippen molar-refractivity contribution in [2.45, 2.75) is 19.8 Å². The summed E-state index contributed by atoms with van der Waals surface area (Å²) in [7, 11) is 0. The van der Waals surface area contributed by atoms with Crippen LogP contribution in [0.25, 0.3) is 50.2 Å². The van der Waals surface area contributed by atoms with Gasteiger partial charge in [-0.3, -0.25) is 4.99 Å². The minimum atomic E-state index is 0.315. The molecule has 0 spiro atoms. The van der Waals surface area contributed by atoms with Gasteiger partial charge in [0.25, 0.3) is 0 Å². The first-order valence-electron chi connectivity index (χ1n) is 18.4. The van der Waals surface area contributed by atoms with E-state index in [1.54, 1.807) is 0 Å². The van der Waals surface area contributed by atoms with Crippen LogP contribution >= 0.6 is 0 Å². The van der Waals surface area contributed by atoms with Crippen LogP contribution in [0.5, 0.6) is 0 Å². The molecule has 1 atom stereocenters. The maximum Gasteiger partial charge on any atom is 0.161 e. The van der Waals surface area contributed by atoms with E-state index in [2.05, 4.69) is 145 Å². The zero-order valence-corrected chi connectivity index (χ0v) is 30.0. The third-order valence-electron chi connectivity index (χ3n) is 10.1. The molecule has 0 radical (unpaired) electrons. The highest BCUT2D eigenvalue weighted by molar-refractivity contribution is 6.16. The van der Waals surface area contributed by atoms with Crippen molar-refractivity contribution in [1.82, 2.24) is 0 Å². The molecular formula is C50H41N3. The maximum absolute atomic E-state index is 5.27. The van der Waals surface area contributed by atoms with Crippen LogP contribution in [-0.2, 0) is 6.42 Å². The van der Waals surface area contributed by atoms with Gasteiger partial charge in [-0.25, -0.2) is 9.98 Å². The Hall–Kier alpha value is -6.45. The van der Waals surface area contributed by atoms with Gasteiger partial charge in [-0.15, -0.1) is 0 Å². The van der Waals surface area contributed by atoms with Gasteiger partial charge in [0.2, 0.25) is 0 Å². The monoisotopic (exact) mass is 683 g/mol. The number of aliphatic imine (C=N–C) groups is 3. The quantitative estimate of drug-likeness (QED) is 0.0869. The zero-order chi connectivity index (χ0) is 36.0. The second kappa shape index (κ2) is 15.4. The number of nitrogens with zero attached hydrogens (tertiary/aromatic N) is 3. The zero-order valence-electron chi connectivity index (χ0n) is 30.0. The van der Waals surface area contributed by atoms with Crippen molar-refractivity contribution >= 4 is 35.2 Å². The Labute approximate surface area is 312 Å². The average Bonchev–Trinajstić information content (AvgIpc) is 3.59. The molecule has 0 N–H and O–H groups in total. The summed E-state index contributed by atoms with van der Waals surface area (Å²) >= 11 is 0. The van der Waals surface area contributed by atoms with Gasteiger partial charge in [0, 0.05) is 23.6 Å². The van der Waals surface area contributed by atoms with Crippen LogP contribution in [0.1, 0.15) is 41.2 Å². The van der Waals surface area contributed by atoms with Crippen molar-refractivity contribution in [3.8, 4) is 33.4 Å². The number of hydrogen-bond acceptors (Lipinski definition) is 1. The first-order valence-corrected chi connectivity index (χ1v) is 18.4. The predicted molar refractivity (Wildman–Crippen MR) is 227 cm³/mol. The van der Waals surface area contributed by atoms with E-state index in [4.69, 9.17) is 9.98 Å². The lowest BCUT2D eigenvalue weighted by Crippen LogP contribution is -2.10. The van der Waals surface area contributed by atoms with E-state index in [0.717, 1.165) is 24.0 Å². The molecule has 256 valence electrons. The number of amidine groups is 2. The van der Waals surface area contributed by atoms with Gasteiger partial charge in [-0.1, -0.05) is 164 Å². The van der Waals surface area contributed by atoms with Gasteiger partial charge in [-0.05, 0) is 99.5 Å². The second-order valence-corrected chi connectivity index (χ2v) is 13.6. The number of fused-ring (bicyclic) bond motifs is 4. The highest BCUT2D eigenvalue weighted by Gasteiger charge is 2.27. The number of benzene rings is 6. The molecule has 0 saturated carbocycles.